The maximum atomic E-state index is 11.4. The molecule has 0 aliphatic heterocycles. The van der Waals surface area contributed by atoms with E-state index < -0.39 is 0 Å². The van der Waals surface area contributed by atoms with Crippen LogP contribution in [0.3, 0.4) is 0 Å². The predicted molar refractivity (Wildman–Crippen MR) is 68.0 cm³/mol. The molecule has 1 aliphatic carbocycles. The van der Waals surface area contributed by atoms with Gasteiger partial charge in [-0.05, 0) is 48.9 Å². The number of ether oxygens (including phenoxy) is 1. The minimum absolute atomic E-state index is 0.0521. The Morgan fingerprint density at radius 3 is 2.65 bits per heavy atom. The lowest BCUT2D eigenvalue weighted by atomic mass is 9.91. The number of carbonyl (C=O) groups is 1. The van der Waals surface area contributed by atoms with Crippen molar-refractivity contribution in [3.8, 4) is 0 Å². The van der Waals surface area contributed by atoms with Gasteiger partial charge >= 0.3 is 0 Å². The molecule has 2 rings (SSSR count). The second-order valence-corrected chi connectivity index (χ2v) is 4.40. The summed E-state index contributed by atoms with van der Waals surface area (Å²) in [5.41, 5.74) is 9.89. The van der Waals surface area contributed by atoms with Gasteiger partial charge in [-0.15, -0.1) is 0 Å². The van der Waals surface area contributed by atoms with Crippen molar-refractivity contribution in [2.45, 2.75) is 25.7 Å². The molecule has 1 aromatic rings. The molecule has 0 aromatic heterocycles. The Morgan fingerprint density at radius 2 is 2.00 bits per heavy atom. The van der Waals surface area contributed by atoms with Gasteiger partial charge in [0, 0.05) is 7.11 Å². The van der Waals surface area contributed by atoms with Crippen LogP contribution in [0.5, 0.6) is 0 Å². The molecule has 0 spiro atoms. The maximum absolute atomic E-state index is 11.4. The molecule has 0 unspecified atom stereocenters. The van der Waals surface area contributed by atoms with Gasteiger partial charge in [0.05, 0.1) is 11.4 Å². The Balaban J connectivity index is 2.19. The van der Waals surface area contributed by atoms with Crippen molar-refractivity contribution in [3.05, 3.63) is 23.3 Å². The van der Waals surface area contributed by atoms with E-state index in [1.807, 2.05) is 12.1 Å². The summed E-state index contributed by atoms with van der Waals surface area (Å²) in [7, 11) is 1.50. The van der Waals surface area contributed by atoms with Crippen LogP contribution in [-0.2, 0) is 22.4 Å². The summed E-state index contributed by atoms with van der Waals surface area (Å²) in [4.78, 5) is 11.4. The fourth-order valence-corrected chi connectivity index (χ4v) is 2.23. The second kappa shape index (κ2) is 5.19. The van der Waals surface area contributed by atoms with Gasteiger partial charge < -0.3 is 15.8 Å². The minimum atomic E-state index is -0.171. The summed E-state index contributed by atoms with van der Waals surface area (Å²) in [6.07, 6.45) is 4.60. The zero-order chi connectivity index (χ0) is 12.3. The Bertz CT molecular complexity index is 430. The number of hydrogen-bond donors (Lipinski definition) is 2. The molecule has 0 atom stereocenters. The monoisotopic (exact) mass is 234 g/mol. The number of amides is 1. The molecule has 1 aromatic carbocycles. The van der Waals surface area contributed by atoms with E-state index in [2.05, 4.69) is 5.32 Å². The van der Waals surface area contributed by atoms with Crippen molar-refractivity contribution < 1.29 is 9.53 Å². The average molecular weight is 234 g/mol. The summed E-state index contributed by atoms with van der Waals surface area (Å²) in [5.74, 6) is -0.171. The van der Waals surface area contributed by atoms with Crippen molar-refractivity contribution >= 4 is 17.3 Å². The molecule has 17 heavy (non-hydrogen) atoms. The fourth-order valence-electron chi connectivity index (χ4n) is 2.23. The number of methoxy groups -OCH3 is 1. The van der Waals surface area contributed by atoms with Gasteiger partial charge in [-0.3, -0.25) is 4.79 Å². The topological polar surface area (TPSA) is 64.3 Å². The van der Waals surface area contributed by atoms with Crippen LogP contribution in [0.15, 0.2) is 12.1 Å². The quantitative estimate of drug-likeness (QED) is 0.783. The SMILES string of the molecule is COCC(=O)Nc1cc2c(cc1N)CCCC2. The molecular weight excluding hydrogens is 216 g/mol. The molecule has 3 N–H and O–H groups in total. The normalized spacial score (nSPS) is 14.2. The molecule has 0 radical (unpaired) electrons. The molecule has 4 heteroatoms. The maximum Gasteiger partial charge on any atom is 0.250 e. The molecular formula is C13H18N2O2. The fraction of sp³-hybridized carbons (Fsp3) is 0.462. The van der Waals surface area contributed by atoms with Gasteiger partial charge in [-0.25, -0.2) is 0 Å². The van der Waals surface area contributed by atoms with E-state index in [-0.39, 0.29) is 12.5 Å². The highest BCUT2D eigenvalue weighted by atomic mass is 16.5. The van der Waals surface area contributed by atoms with E-state index in [1.54, 1.807) is 0 Å². The lowest BCUT2D eigenvalue weighted by molar-refractivity contribution is -0.119. The van der Waals surface area contributed by atoms with Crippen LogP contribution in [0.1, 0.15) is 24.0 Å². The summed E-state index contributed by atoms with van der Waals surface area (Å²) in [6.45, 7) is 0.0521. The van der Waals surface area contributed by atoms with Crippen LogP contribution in [0.25, 0.3) is 0 Å². The number of aryl methyl sites for hydroxylation is 2. The minimum Gasteiger partial charge on any atom is -0.397 e. The Morgan fingerprint density at radius 1 is 1.35 bits per heavy atom. The number of carbonyl (C=O) groups excluding carboxylic acids is 1. The van der Waals surface area contributed by atoms with Crippen LogP contribution < -0.4 is 11.1 Å². The summed E-state index contributed by atoms with van der Waals surface area (Å²) in [6, 6.07) is 3.98. The molecule has 0 saturated carbocycles. The number of anilines is 2. The average Bonchev–Trinajstić information content (AvgIpc) is 2.30. The van der Waals surface area contributed by atoms with Crippen LogP contribution in [0.4, 0.5) is 11.4 Å². The van der Waals surface area contributed by atoms with Crippen molar-refractivity contribution in [1.29, 1.82) is 0 Å². The highest BCUT2D eigenvalue weighted by Gasteiger charge is 2.13. The number of nitrogen functional groups attached to an aromatic ring is 1. The van der Waals surface area contributed by atoms with E-state index in [0.29, 0.717) is 11.4 Å². The zero-order valence-electron chi connectivity index (χ0n) is 10.1. The lowest BCUT2D eigenvalue weighted by Gasteiger charge is -2.18. The third kappa shape index (κ3) is 2.77. The van der Waals surface area contributed by atoms with E-state index >= 15 is 0 Å². The molecule has 4 nitrogen and oxygen atoms in total. The van der Waals surface area contributed by atoms with Crippen LogP contribution in [-0.4, -0.2) is 19.6 Å². The van der Waals surface area contributed by atoms with Gasteiger partial charge in [-0.2, -0.15) is 0 Å². The Hall–Kier alpha value is -1.55. The first-order valence-electron chi connectivity index (χ1n) is 5.91. The highest BCUT2D eigenvalue weighted by molar-refractivity contribution is 5.94. The van der Waals surface area contributed by atoms with Crippen LogP contribution in [0, 0.1) is 0 Å². The van der Waals surface area contributed by atoms with Crippen molar-refractivity contribution in [2.24, 2.45) is 0 Å². The summed E-state index contributed by atoms with van der Waals surface area (Å²) >= 11 is 0. The lowest BCUT2D eigenvalue weighted by Crippen LogP contribution is -2.18. The van der Waals surface area contributed by atoms with Gasteiger partial charge in [0.25, 0.3) is 0 Å². The van der Waals surface area contributed by atoms with E-state index in [4.69, 9.17) is 10.5 Å². The highest BCUT2D eigenvalue weighted by Crippen LogP contribution is 2.29. The third-order valence-corrected chi connectivity index (χ3v) is 3.06. The van der Waals surface area contributed by atoms with Crippen LogP contribution in [0.2, 0.25) is 0 Å². The number of hydrogen-bond acceptors (Lipinski definition) is 3. The number of benzene rings is 1. The summed E-state index contributed by atoms with van der Waals surface area (Å²) in [5, 5.41) is 2.77. The molecule has 0 heterocycles. The van der Waals surface area contributed by atoms with Gasteiger partial charge in [-0.1, -0.05) is 0 Å². The standard InChI is InChI=1S/C13H18N2O2/c1-17-8-13(16)15-12-7-10-5-3-2-4-9(10)6-11(12)14/h6-7H,2-5,8,14H2,1H3,(H,15,16). The Labute approximate surface area is 101 Å². The third-order valence-electron chi connectivity index (χ3n) is 3.06. The van der Waals surface area contributed by atoms with E-state index in [0.717, 1.165) is 12.8 Å². The first-order chi connectivity index (χ1) is 8.20. The van der Waals surface area contributed by atoms with Gasteiger partial charge in [0.2, 0.25) is 5.91 Å². The van der Waals surface area contributed by atoms with Crippen molar-refractivity contribution in [3.63, 3.8) is 0 Å². The molecule has 92 valence electrons. The molecule has 0 fully saturated rings. The largest absolute Gasteiger partial charge is 0.397 e. The van der Waals surface area contributed by atoms with E-state index in [1.165, 1.54) is 31.1 Å². The van der Waals surface area contributed by atoms with Crippen molar-refractivity contribution in [2.75, 3.05) is 24.8 Å². The number of nitrogens with two attached hydrogens (primary N) is 1. The number of nitrogens with one attached hydrogen (secondary N) is 1. The summed E-state index contributed by atoms with van der Waals surface area (Å²) < 4.78 is 4.78. The van der Waals surface area contributed by atoms with Crippen LogP contribution >= 0.6 is 0 Å². The number of fused-ring (bicyclic) bond motifs is 1. The first-order valence-corrected chi connectivity index (χ1v) is 5.91. The van der Waals surface area contributed by atoms with Gasteiger partial charge in [0.1, 0.15) is 6.61 Å². The van der Waals surface area contributed by atoms with E-state index in [9.17, 15) is 4.79 Å². The second-order valence-electron chi connectivity index (χ2n) is 4.40. The number of rotatable bonds is 3. The molecule has 1 amide bonds. The smallest absolute Gasteiger partial charge is 0.250 e. The molecule has 1 aliphatic rings. The Kier molecular flexibility index (Phi) is 3.64. The predicted octanol–water partition coefficient (Wildman–Crippen LogP) is 1.73. The molecule has 0 bridgehead atoms. The van der Waals surface area contributed by atoms with Crippen molar-refractivity contribution in [1.82, 2.24) is 0 Å². The zero-order valence-corrected chi connectivity index (χ0v) is 10.1. The first kappa shape index (κ1) is 11.9. The molecule has 0 saturated heterocycles. The van der Waals surface area contributed by atoms with Gasteiger partial charge in [0.15, 0.2) is 0 Å².